The monoisotopic (exact) mass is 678 g/mol. The molecule has 274 valence electrons. The van der Waals surface area contributed by atoms with E-state index in [2.05, 4.69) is 11.8 Å². The first-order chi connectivity index (χ1) is 22.6. The maximum absolute atomic E-state index is 13.3. The number of aliphatic hydroxyl groups is 4. The predicted molar refractivity (Wildman–Crippen MR) is 184 cm³/mol. The van der Waals surface area contributed by atoms with Gasteiger partial charge in [-0.15, -0.1) is 0 Å². The van der Waals surface area contributed by atoms with Gasteiger partial charge in [-0.25, -0.2) is 4.79 Å². The molecule has 10 atom stereocenters. The van der Waals surface area contributed by atoms with Crippen molar-refractivity contribution >= 4 is 12.1 Å². The number of carbonyl (C=O) groups is 2. The van der Waals surface area contributed by atoms with Crippen molar-refractivity contribution in [1.29, 1.82) is 0 Å². The fourth-order valence-electron chi connectivity index (χ4n) is 6.68. The minimum absolute atomic E-state index is 0.0107. The maximum atomic E-state index is 13.3. The van der Waals surface area contributed by atoms with Crippen molar-refractivity contribution in [2.75, 3.05) is 32.7 Å². The highest BCUT2D eigenvalue weighted by atomic mass is 16.6. The minimum Gasteiger partial charge on any atom is -0.457 e. The van der Waals surface area contributed by atoms with Crippen LogP contribution in [0.4, 0.5) is 4.79 Å². The molecule has 3 heterocycles. The van der Waals surface area contributed by atoms with E-state index in [4.69, 9.17) is 14.2 Å². The van der Waals surface area contributed by atoms with Gasteiger partial charge in [0, 0.05) is 37.9 Å². The second-order valence-electron chi connectivity index (χ2n) is 14.7. The van der Waals surface area contributed by atoms with Gasteiger partial charge in [0.1, 0.15) is 11.7 Å². The molecule has 11 nitrogen and oxygen atoms in total. The van der Waals surface area contributed by atoms with Crippen LogP contribution in [0.2, 0.25) is 0 Å². The molecule has 0 saturated carbocycles. The predicted octanol–water partition coefficient (Wildman–Crippen LogP) is 4.13. The van der Waals surface area contributed by atoms with E-state index in [0.29, 0.717) is 31.5 Å². The van der Waals surface area contributed by atoms with E-state index in [1.807, 2.05) is 27.7 Å². The molecule has 3 rings (SSSR count). The summed E-state index contributed by atoms with van der Waals surface area (Å²) in [5.41, 5.74) is -1.93. The maximum Gasteiger partial charge on any atom is 0.410 e. The molecular formula is C37H62N2O9. The van der Waals surface area contributed by atoms with Gasteiger partial charge >= 0.3 is 12.1 Å². The van der Waals surface area contributed by atoms with Crippen molar-refractivity contribution in [3.05, 3.63) is 36.0 Å². The first-order valence-corrected chi connectivity index (χ1v) is 17.9. The van der Waals surface area contributed by atoms with Crippen molar-refractivity contribution in [2.24, 2.45) is 11.8 Å². The molecular weight excluding hydrogens is 616 g/mol. The number of cyclic esters (lactones) is 1. The SMILES string of the molecule is CCCN1CCCN(C(=O)OC2/C=C/C(C)C(/C(C)=C/C=C/C(C)(O)CC3OC3C(C)C(O)CC)OC(=O)CC(O)CCC2(C)O)CC1. The molecule has 10 unspecified atom stereocenters. The summed E-state index contributed by atoms with van der Waals surface area (Å²) in [6.45, 7) is 16.8. The average molecular weight is 679 g/mol. The zero-order valence-corrected chi connectivity index (χ0v) is 30.2. The van der Waals surface area contributed by atoms with Gasteiger partial charge in [0.25, 0.3) is 0 Å². The van der Waals surface area contributed by atoms with Gasteiger partial charge in [0.15, 0.2) is 6.10 Å². The molecule has 0 aromatic carbocycles. The summed E-state index contributed by atoms with van der Waals surface area (Å²) in [4.78, 5) is 30.2. The number of hydrogen-bond donors (Lipinski definition) is 4. The van der Waals surface area contributed by atoms with E-state index >= 15 is 0 Å². The molecule has 0 spiro atoms. The zero-order chi connectivity index (χ0) is 35.6. The molecule has 0 bridgehead atoms. The second kappa shape index (κ2) is 18.1. The van der Waals surface area contributed by atoms with Crippen molar-refractivity contribution in [2.45, 2.75) is 141 Å². The number of hydrogen-bond acceptors (Lipinski definition) is 10. The molecule has 2 fully saturated rings. The van der Waals surface area contributed by atoms with E-state index in [-0.39, 0.29) is 43.3 Å². The summed E-state index contributed by atoms with van der Waals surface area (Å²) < 4.78 is 17.6. The largest absolute Gasteiger partial charge is 0.457 e. The Labute approximate surface area is 287 Å². The van der Waals surface area contributed by atoms with Crippen LogP contribution in [0.15, 0.2) is 36.0 Å². The number of rotatable bonds is 11. The lowest BCUT2D eigenvalue weighted by molar-refractivity contribution is -0.151. The summed E-state index contributed by atoms with van der Waals surface area (Å²) in [6.07, 6.45) is 7.67. The zero-order valence-electron chi connectivity index (χ0n) is 30.2. The van der Waals surface area contributed by atoms with Crippen LogP contribution >= 0.6 is 0 Å². The van der Waals surface area contributed by atoms with Crippen LogP contribution in [-0.4, -0.2) is 123 Å². The Morgan fingerprint density at radius 1 is 1.23 bits per heavy atom. The minimum atomic E-state index is -1.48. The lowest BCUT2D eigenvalue weighted by Gasteiger charge is -2.34. The fourth-order valence-corrected chi connectivity index (χ4v) is 6.68. The van der Waals surface area contributed by atoms with Crippen molar-refractivity contribution in [1.82, 2.24) is 9.80 Å². The highest BCUT2D eigenvalue weighted by Gasteiger charge is 2.47. The van der Waals surface area contributed by atoms with Gasteiger partial charge in [-0.2, -0.15) is 0 Å². The Morgan fingerprint density at radius 2 is 1.96 bits per heavy atom. The van der Waals surface area contributed by atoms with Crippen LogP contribution in [0.3, 0.4) is 0 Å². The van der Waals surface area contributed by atoms with E-state index in [9.17, 15) is 30.0 Å². The Morgan fingerprint density at radius 3 is 2.65 bits per heavy atom. The normalized spacial score (nSPS) is 34.6. The molecule has 3 aliphatic rings. The van der Waals surface area contributed by atoms with E-state index in [1.54, 1.807) is 49.1 Å². The summed E-state index contributed by atoms with van der Waals surface area (Å²) in [5, 5.41) is 43.3. The standard InChI is InChI=1S/C37H62N2O9/c1-8-18-38-19-11-20-39(22-21-38)35(43)47-31-14-13-26(4)33(48-32(42)23-28(40)15-17-37(31,7)45)25(3)12-10-16-36(6,44)24-30-34(46-30)27(5)29(41)9-2/h10,12-14,16,26-31,33-34,40-41,44-45H,8-9,11,15,17-24H2,1-7H3/b14-13+,16-10+,25-12+. The Kier molecular flexibility index (Phi) is 15.1. The van der Waals surface area contributed by atoms with Crippen LogP contribution in [-0.2, 0) is 19.0 Å². The molecule has 11 heteroatoms. The molecule has 3 aliphatic heterocycles. The molecule has 0 aliphatic carbocycles. The van der Waals surface area contributed by atoms with Gasteiger partial charge in [0.05, 0.1) is 36.4 Å². The second-order valence-corrected chi connectivity index (χ2v) is 14.7. The molecule has 0 aromatic heterocycles. The molecule has 2 saturated heterocycles. The van der Waals surface area contributed by atoms with Crippen LogP contribution < -0.4 is 0 Å². The Balaban J connectivity index is 1.74. The molecule has 0 aromatic rings. The number of ether oxygens (including phenoxy) is 3. The summed E-state index contributed by atoms with van der Waals surface area (Å²) in [7, 11) is 0. The fraction of sp³-hybridized carbons (Fsp3) is 0.784. The number of amides is 1. The van der Waals surface area contributed by atoms with Crippen molar-refractivity contribution in [3.8, 4) is 0 Å². The summed E-state index contributed by atoms with van der Waals surface area (Å²) in [6, 6.07) is 0. The molecule has 4 N–H and O–H groups in total. The first kappa shape index (κ1) is 40.2. The summed E-state index contributed by atoms with van der Waals surface area (Å²) >= 11 is 0. The molecule has 1 amide bonds. The topological polar surface area (TPSA) is 153 Å². The van der Waals surface area contributed by atoms with Gasteiger partial charge in [-0.1, -0.05) is 52.0 Å². The highest BCUT2D eigenvalue weighted by Crippen LogP contribution is 2.37. The van der Waals surface area contributed by atoms with Crippen LogP contribution in [0, 0.1) is 11.8 Å². The van der Waals surface area contributed by atoms with E-state index < -0.39 is 47.7 Å². The first-order valence-electron chi connectivity index (χ1n) is 17.9. The third-order valence-corrected chi connectivity index (χ3v) is 9.98. The third-order valence-electron chi connectivity index (χ3n) is 9.98. The molecule has 48 heavy (non-hydrogen) atoms. The quantitative estimate of drug-likeness (QED) is 0.109. The van der Waals surface area contributed by atoms with E-state index in [0.717, 1.165) is 32.5 Å². The molecule has 0 radical (unpaired) electrons. The van der Waals surface area contributed by atoms with Crippen LogP contribution in [0.5, 0.6) is 0 Å². The number of nitrogens with zero attached hydrogens (tertiary/aromatic N) is 2. The van der Waals surface area contributed by atoms with Gasteiger partial charge in [0.2, 0.25) is 0 Å². The Bertz CT molecular complexity index is 1140. The van der Waals surface area contributed by atoms with E-state index in [1.165, 1.54) is 0 Å². The van der Waals surface area contributed by atoms with Gasteiger partial charge < -0.3 is 44.4 Å². The third kappa shape index (κ3) is 12.2. The lowest BCUT2D eigenvalue weighted by atomic mass is 9.88. The number of esters is 1. The van der Waals surface area contributed by atoms with Crippen molar-refractivity contribution in [3.63, 3.8) is 0 Å². The smallest absolute Gasteiger partial charge is 0.410 e. The number of aliphatic hydroxyl groups excluding tert-OH is 2. The average Bonchev–Trinajstić information content (AvgIpc) is 3.82. The van der Waals surface area contributed by atoms with Crippen LogP contribution in [0.25, 0.3) is 0 Å². The lowest BCUT2D eigenvalue weighted by Crippen LogP contribution is -2.45. The summed E-state index contributed by atoms with van der Waals surface area (Å²) in [5.74, 6) is -0.942. The van der Waals surface area contributed by atoms with Crippen molar-refractivity contribution < 1.29 is 44.2 Å². The number of carbonyl (C=O) groups excluding carboxylic acids is 2. The van der Waals surface area contributed by atoms with Gasteiger partial charge in [-0.05, 0) is 77.6 Å². The Hall–Kier alpha value is -2.28. The van der Waals surface area contributed by atoms with Crippen LogP contribution in [0.1, 0.15) is 93.4 Å². The number of epoxide rings is 1. The highest BCUT2D eigenvalue weighted by molar-refractivity contribution is 5.70. The number of allylic oxidation sites excluding steroid dienone is 2. The van der Waals surface area contributed by atoms with Gasteiger partial charge in [-0.3, -0.25) is 4.79 Å².